The molecule has 1 aliphatic rings. The lowest BCUT2D eigenvalue weighted by atomic mass is 10.1. The highest BCUT2D eigenvalue weighted by molar-refractivity contribution is 7.10. The van der Waals surface area contributed by atoms with Crippen molar-refractivity contribution in [1.82, 2.24) is 15.5 Å². The van der Waals surface area contributed by atoms with Crippen LogP contribution in [0.5, 0.6) is 0 Å². The molecule has 0 radical (unpaired) electrons. The van der Waals surface area contributed by atoms with Gasteiger partial charge in [-0.1, -0.05) is 6.07 Å². The van der Waals surface area contributed by atoms with Crippen LogP contribution in [0.4, 0.5) is 0 Å². The summed E-state index contributed by atoms with van der Waals surface area (Å²) < 4.78 is 5.45. The summed E-state index contributed by atoms with van der Waals surface area (Å²) in [5, 5.41) is 8.99. The molecule has 1 fully saturated rings. The molecule has 1 saturated heterocycles. The molecule has 2 rings (SSSR count). The normalized spacial score (nSPS) is 18.2. The molecular formula is C17H30N4OS. The van der Waals surface area contributed by atoms with E-state index in [9.17, 15) is 0 Å². The highest BCUT2D eigenvalue weighted by Gasteiger charge is 2.24. The fourth-order valence-electron chi connectivity index (χ4n) is 2.73. The van der Waals surface area contributed by atoms with Crippen molar-refractivity contribution in [3.8, 4) is 0 Å². The van der Waals surface area contributed by atoms with Crippen molar-refractivity contribution in [2.45, 2.75) is 38.3 Å². The number of nitrogens with zero attached hydrogens (tertiary/aromatic N) is 2. The van der Waals surface area contributed by atoms with Crippen LogP contribution in [0.25, 0.3) is 0 Å². The summed E-state index contributed by atoms with van der Waals surface area (Å²) in [6.45, 7) is 8.09. The van der Waals surface area contributed by atoms with Gasteiger partial charge in [-0.3, -0.25) is 9.89 Å². The van der Waals surface area contributed by atoms with Crippen LogP contribution >= 0.6 is 11.3 Å². The third kappa shape index (κ3) is 5.48. The molecule has 1 aromatic rings. The molecule has 0 bridgehead atoms. The number of aliphatic imine (C=N–C) groups is 1. The van der Waals surface area contributed by atoms with Crippen molar-refractivity contribution in [2.24, 2.45) is 4.99 Å². The van der Waals surface area contributed by atoms with Gasteiger partial charge in [0.05, 0.1) is 11.6 Å². The molecule has 130 valence electrons. The van der Waals surface area contributed by atoms with Crippen LogP contribution in [0.1, 0.15) is 37.6 Å². The minimum atomic E-state index is -0.209. The first-order chi connectivity index (χ1) is 11.1. The van der Waals surface area contributed by atoms with Crippen LogP contribution in [-0.2, 0) is 4.74 Å². The number of nitrogens with one attached hydrogen (secondary N) is 2. The standard InChI is InChI=1S/C17H30N4OS/c1-17(2,22-4)13-20-16(18-3)19-12-14(15-8-7-11-23-15)21-9-5-6-10-21/h7-8,11,14H,5-6,9-10,12-13H2,1-4H3,(H2,18,19,20). The fourth-order valence-corrected chi connectivity index (χ4v) is 3.59. The molecule has 23 heavy (non-hydrogen) atoms. The minimum Gasteiger partial charge on any atom is -0.377 e. The molecule has 0 spiro atoms. The first-order valence-electron chi connectivity index (χ1n) is 8.33. The van der Waals surface area contributed by atoms with Gasteiger partial charge in [-0.15, -0.1) is 11.3 Å². The zero-order chi connectivity index (χ0) is 16.7. The van der Waals surface area contributed by atoms with E-state index < -0.39 is 0 Å². The molecule has 2 heterocycles. The van der Waals surface area contributed by atoms with Crippen molar-refractivity contribution < 1.29 is 4.74 Å². The molecule has 2 N–H and O–H groups in total. The van der Waals surface area contributed by atoms with E-state index >= 15 is 0 Å². The van der Waals surface area contributed by atoms with Gasteiger partial charge < -0.3 is 15.4 Å². The number of thiophene rings is 1. The summed E-state index contributed by atoms with van der Waals surface area (Å²) in [6.07, 6.45) is 2.60. The Kier molecular flexibility index (Phi) is 6.87. The van der Waals surface area contributed by atoms with Gasteiger partial charge in [-0.05, 0) is 51.2 Å². The second-order valence-electron chi connectivity index (χ2n) is 6.54. The van der Waals surface area contributed by atoms with Crippen LogP contribution in [0.15, 0.2) is 22.5 Å². The van der Waals surface area contributed by atoms with E-state index in [0.717, 1.165) is 19.0 Å². The van der Waals surface area contributed by atoms with Gasteiger partial charge in [-0.25, -0.2) is 0 Å². The van der Waals surface area contributed by atoms with Gasteiger partial charge in [0.1, 0.15) is 0 Å². The van der Waals surface area contributed by atoms with Gasteiger partial charge in [0.25, 0.3) is 0 Å². The van der Waals surface area contributed by atoms with E-state index in [-0.39, 0.29) is 5.60 Å². The molecule has 0 aliphatic carbocycles. The second-order valence-corrected chi connectivity index (χ2v) is 7.52. The predicted molar refractivity (Wildman–Crippen MR) is 98.3 cm³/mol. The van der Waals surface area contributed by atoms with E-state index in [1.807, 2.05) is 18.4 Å². The average Bonchev–Trinajstić information content (AvgIpc) is 3.24. The number of rotatable bonds is 7. The summed E-state index contributed by atoms with van der Waals surface area (Å²) in [6, 6.07) is 4.79. The van der Waals surface area contributed by atoms with Crippen molar-refractivity contribution >= 4 is 17.3 Å². The van der Waals surface area contributed by atoms with E-state index in [1.54, 1.807) is 7.11 Å². The van der Waals surface area contributed by atoms with E-state index in [2.05, 4.69) is 51.9 Å². The Hall–Kier alpha value is -1.11. The van der Waals surface area contributed by atoms with Crippen LogP contribution in [0.2, 0.25) is 0 Å². The third-order valence-corrected chi connectivity index (χ3v) is 5.35. The summed E-state index contributed by atoms with van der Waals surface area (Å²) in [7, 11) is 3.54. The second kappa shape index (κ2) is 8.66. The molecular weight excluding hydrogens is 308 g/mol. The van der Waals surface area contributed by atoms with Gasteiger partial charge in [0.15, 0.2) is 5.96 Å². The Labute approximate surface area is 144 Å². The lowest BCUT2D eigenvalue weighted by Crippen LogP contribution is -2.47. The van der Waals surface area contributed by atoms with Gasteiger partial charge >= 0.3 is 0 Å². The lowest BCUT2D eigenvalue weighted by molar-refractivity contribution is 0.0268. The molecule has 1 unspecified atom stereocenters. The Morgan fingerprint density at radius 2 is 2.13 bits per heavy atom. The Balaban J connectivity index is 1.91. The van der Waals surface area contributed by atoms with Crippen molar-refractivity contribution in [1.29, 1.82) is 0 Å². The maximum absolute atomic E-state index is 5.45. The molecule has 1 atom stereocenters. The molecule has 0 aromatic carbocycles. The highest BCUT2D eigenvalue weighted by atomic mass is 32.1. The first kappa shape index (κ1) is 18.2. The number of hydrogen-bond acceptors (Lipinski definition) is 4. The minimum absolute atomic E-state index is 0.209. The predicted octanol–water partition coefficient (Wildman–Crippen LogP) is 2.48. The van der Waals surface area contributed by atoms with Gasteiger partial charge in [-0.2, -0.15) is 0 Å². The monoisotopic (exact) mass is 338 g/mol. The average molecular weight is 339 g/mol. The number of guanidine groups is 1. The molecule has 0 saturated carbocycles. The van der Waals surface area contributed by atoms with E-state index in [1.165, 1.54) is 30.8 Å². The molecule has 1 aliphatic heterocycles. The maximum atomic E-state index is 5.45. The van der Waals surface area contributed by atoms with Crippen LogP contribution < -0.4 is 10.6 Å². The zero-order valence-corrected chi connectivity index (χ0v) is 15.6. The summed E-state index contributed by atoms with van der Waals surface area (Å²) in [4.78, 5) is 8.33. The topological polar surface area (TPSA) is 48.9 Å². The number of likely N-dealkylation sites (tertiary alicyclic amines) is 1. The van der Waals surface area contributed by atoms with Crippen LogP contribution in [-0.4, -0.2) is 56.8 Å². The highest BCUT2D eigenvalue weighted by Crippen LogP contribution is 2.27. The first-order valence-corrected chi connectivity index (χ1v) is 9.21. The molecule has 1 aromatic heterocycles. The SMILES string of the molecule is CN=C(NCC(c1cccs1)N1CCCC1)NCC(C)(C)OC. The van der Waals surface area contributed by atoms with Gasteiger partial charge in [0, 0.05) is 32.1 Å². The number of methoxy groups -OCH3 is 1. The molecule has 5 nitrogen and oxygen atoms in total. The Bertz CT molecular complexity index is 481. The summed E-state index contributed by atoms with van der Waals surface area (Å²) >= 11 is 1.84. The third-order valence-electron chi connectivity index (χ3n) is 4.37. The largest absolute Gasteiger partial charge is 0.377 e. The van der Waals surface area contributed by atoms with E-state index in [4.69, 9.17) is 4.74 Å². The van der Waals surface area contributed by atoms with Crippen molar-refractivity contribution in [2.75, 3.05) is 40.3 Å². The summed E-state index contributed by atoms with van der Waals surface area (Å²) in [5.41, 5.74) is -0.209. The smallest absolute Gasteiger partial charge is 0.191 e. The lowest BCUT2D eigenvalue weighted by Gasteiger charge is -2.28. The zero-order valence-electron chi connectivity index (χ0n) is 14.8. The van der Waals surface area contributed by atoms with Crippen molar-refractivity contribution in [3.63, 3.8) is 0 Å². The van der Waals surface area contributed by atoms with Crippen LogP contribution in [0.3, 0.4) is 0 Å². The van der Waals surface area contributed by atoms with Gasteiger partial charge in [0.2, 0.25) is 0 Å². The maximum Gasteiger partial charge on any atom is 0.191 e. The fraction of sp³-hybridized carbons (Fsp3) is 0.706. The Morgan fingerprint density at radius 1 is 1.39 bits per heavy atom. The number of ether oxygens (including phenoxy) is 1. The van der Waals surface area contributed by atoms with Crippen LogP contribution in [0, 0.1) is 0 Å². The number of hydrogen-bond donors (Lipinski definition) is 2. The van der Waals surface area contributed by atoms with E-state index in [0.29, 0.717) is 6.04 Å². The van der Waals surface area contributed by atoms with Crippen molar-refractivity contribution in [3.05, 3.63) is 22.4 Å². The Morgan fingerprint density at radius 3 is 2.70 bits per heavy atom. The summed E-state index contributed by atoms with van der Waals surface area (Å²) in [5.74, 6) is 0.830. The molecule has 0 amide bonds. The quantitative estimate of drug-likeness (QED) is 0.592. The molecule has 6 heteroatoms.